The molecule has 2 N–H and O–H groups in total. The number of ether oxygens (including phenoxy) is 4. The Morgan fingerprint density at radius 1 is 0.641 bits per heavy atom. The van der Waals surface area contributed by atoms with Crippen LogP contribution in [0.3, 0.4) is 0 Å². The molecule has 17 heteroatoms. The number of anilines is 2. The molecule has 6 aromatic rings. The lowest BCUT2D eigenvalue weighted by molar-refractivity contribution is -0.162. The minimum absolute atomic E-state index is 0.316. The molecule has 2 aliphatic carbocycles. The second-order valence-corrected chi connectivity index (χ2v) is 17.2. The van der Waals surface area contributed by atoms with Gasteiger partial charge < -0.3 is 18.9 Å². The Bertz CT molecular complexity index is 2670. The van der Waals surface area contributed by atoms with Crippen LogP contribution in [0.5, 0.6) is 17.2 Å². The molecule has 0 radical (unpaired) electrons. The zero-order valence-electron chi connectivity index (χ0n) is 34.5. The summed E-state index contributed by atoms with van der Waals surface area (Å²) in [5, 5.41) is 0.611. The Morgan fingerprint density at radius 3 is 1.48 bits per heavy atom. The van der Waals surface area contributed by atoms with E-state index < -0.39 is 59.8 Å². The van der Waals surface area contributed by atoms with Crippen molar-refractivity contribution in [2.75, 3.05) is 28.9 Å². The van der Waals surface area contributed by atoms with E-state index in [1.165, 1.54) is 8.61 Å². The number of carbonyl (C=O) groups is 2. The third-order valence-electron chi connectivity index (χ3n) is 11.2. The van der Waals surface area contributed by atoms with E-state index in [-0.39, 0.29) is 0 Å². The molecule has 0 saturated heterocycles. The number of pyridine rings is 2. The van der Waals surface area contributed by atoms with E-state index in [0.29, 0.717) is 66.7 Å². The van der Waals surface area contributed by atoms with Gasteiger partial charge in [0.25, 0.3) is 22.5 Å². The highest BCUT2D eigenvalue weighted by molar-refractivity contribution is 7.81. The van der Waals surface area contributed by atoms with Gasteiger partial charge in [0.1, 0.15) is 28.9 Å². The summed E-state index contributed by atoms with van der Waals surface area (Å²) in [6.45, 7) is -1.13. The van der Waals surface area contributed by atoms with E-state index in [1.807, 2.05) is 60.7 Å². The van der Waals surface area contributed by atoms with Crippen molar-refractivity contribution in [1.29, 1.82) is 0 Å². The maximum absolute atomic E-state index is 12.9. The van der Waals surface area contributed by atoms with Gasteiger partial charge >= 0.3 is 11.9 Å². The second-order valence-electron chi connectivity index (χ2n) is 15.0. The summed E-state index contributed by atoms with van der Waals surface area (Å²) in [6.07, 6.45) is 6.98. The van der Waals surface area contributed by atoms with Gasteiger partial charge in [0.15, 0.2) is 13.2 Å². The molecule has 2 aromatic heterocycles. The molecule has 14 nitrogen and oxygen atoms in total. The van der Waals surface area contributed by atoms with Crippen molar-refractivity contribution in [1.82, 2.24) is 9.97 Å². The van der Waals surface area contributed by atoms with E-state index >= 15 is 0 Å². The normalized spacial score (nSPS) is 16.3. The first kappa shape index (κ1) is 44.4. The molecule has 0 saturated carbocycles. The molecule has 330 valence electrons. The minimum Gasteiger partial charge on any atom is -0.497 e. The van der Waals surface area contributed by atoms with Crippen molar-refractivity contribution in [3.63, 3.8) is 0 Å². The van der Waals surface area contributed by atoms with Crippen LogP contribution in [0.4, 0.5) is 11.6 Å². The number of benzene rings is 4. The van der Waals surface area contributed by atoms with Gasteiger partial charge in [-0.1, -0.05) is 60.1 Å². The number of methoxy groups -OCH3 is 1. The first-order chi connectivity index (χ1) is 31.1. The molecule has 2 heterocycles. The molecular weight excluding hydrogens is 880 g/mol. The first-order valence-electron chi connectivity index (χ1n) is 20.4. The van der Waals surface area contributed by atoms with Crippen molar-refractivity contribution in [3.05, 3.63) is 149 Å². The predicted octanol–water partition coefficient (Wildman–Crippen LogP) is 9.04. The van der Waals surface area contributed by atoms with Gasteiger partial charge in [-0.15, -0.1) is 0 Å². The van der Waals surface area contributed by atoms with E-state index in [2.05, 4.69) is 9.97 Å². The summed E-state index contributed by atoms with van der Waals surface area (Å²) in [5.74, 6) is 0.294. The molecular formula is C47H43ClN4O10S2. The molecule has 0 fully saturated rings. The van der Waals surface area contributed by atoms with Gasteiger partial charge in [0.05, 0.1) is 19.2 Å². The highest BCUT2D eigenvalue weighted by atomic mass is 35.5. The monoisotopic (exact) mass is 922 g/mol. The predicted molar refractivity (Wildman–Crippen MR) is 244 cm³/mol. The van der Waals surface area contributed by atoms with Crippen LogP contribution in [0.25, 0.3) is 22.3 Å². The standard InChI is InChI=1S/C47H43ClN4O10S2/c1-59-35-22-16-31(17-23-35)33-19-25-45(50-27-33)52(64(57)58)41-11-3-9-39-37(41)7-5-13-43(39)61-29-47(54)62-46(53)28-60-42-12-4-6-36-38(42)8-2-10-40(36)51(63(55)56)44-24-18-32(26-49-44)30-14-20-34(48)21-15-30/h4-7,12-27,40-41H,2-3,8-11,28-29H2,1H3,(H,55,56)(H,57,58). The number of esters is 2. The fraction of sp³-hybridized carbons (Fsp3) is 0.234. The number of carbonyl (C=O) groups excluding carboxylic acids is 2. The summed E-state index contributed by atoms with van der Waals surface area (Å²) in [6, 6.07) is 31.5. The van der Waals surface area contributed by atoms with E-state index in [4.69, 9.17) is 30.5 Å². The Kier molecular flexibility index (Phi) is 14.0. The quantitative estimate of drug-likeness (QED) is 0.0568. The fourth-order valence-electron chi connectivity index (χ4n) is 8.29. The topological polar surface area (TPSA) is 178 Å². The number of aromatic nitrogens is 2. The van der Waals surface area contributed by atoms with Crippen molar-refractivity contribution >= 4 is 57.7 Å². The molecule has 2 aliphatic rings. The average molecular weight is 923 g/mol. The van der Waals surface area contributed by atoms with E-state index in [1.54, 1.807) is 68.0 Å². The van der Waals surface area contributed by atoms with Crippen LogP contribution >= 0.6 is 11.6 Å². The molecule has 4 unspecified atom stereocenters. The van der Waals surface area contributed by atoms with Gasteiger partial charge in [-0.3, -0.25) is 9.11 Å². The molecule has 8 rings (SSSR count). The van der Waals surface area contributed by atoms with Crippen molar-refractivity contribution in [2.24, 2.45) is 0 Å². The number of hydrogen-bond acceptors (Lipinski definition) is 10. The summed E-state index contributed by atoms with van der Waals surface area (Å²) in [5.41, 5.74) is 6.52. The van der Waals surface area contributed by atoms with E-state index in [0.717, 1.165) is 50.3 Å². The molecule has 0 spiro atoms. The van der Waals surface area contributed by atoms with Crippen LogP contribution in [0.15, 0.2) is 122 Å². The largest absolute Gasteiger partial charge is 0.497 e. The Morgan fingerprint density at radius 2 is 1.08 bits per heavy atom. The van der Waals surface area contributed by atoms with Crippen LogP contribution < -0.4 is 22.8 Å². The summed E-state index contributed by atoms with van der Waals surface area (Å²) < 4.78 is 71.5. The lowest BCUT2D eigenvalue weighted by atomic mass is 9.87. The molecule has 4 aromatic carbocycles. The van der Waals surface area contributed by atoms with Gasteiger partial charge in [0, 0.05) is 28.5 Å². The van der Waals surface area contributed by atoms with Gasteiger partial charge in [-0.2, -0.15) is 0 Å². The van der Waals surface area contributed by atoms with Crippen LogP contribution in [-0.2, 0) is 49.7 Å². The number of rotatable bonds is 15. The Hall–Kier alpha value is -6.17. The molecule has 0 bridgehead atoms. The van der Waals surface area contributed by atoms with Crippen molar-refractivity contribution in [2.45, 2.75) is 50.6 Å². The number of halogens is 1. The molecule has 0 aliphatic heterocycles. The first-order valence-corrected chi connectivity index (χ1v) is 22.9. The summed E-state index contributed by atoms with van der Waals surface area (Å²) in [4.78, 5) is 34.9. The van der Waals surface area contributed by atoms with Crippen LogP contribution in [0.2, 0.25) is 5.02 Å². The third kappa shape index (κ3) is 9.96. The molecule has 4 atom stereocenters. The molecule has 64 heavy (non-hydrogen) atoms. The third-order valence-corrected chi connectivity index (χ3v) is 13.0. The van der Waals surface area contributed by atoms with Gasteiger partial charge in [-0.05, 0) is 133 Å². The highest BCUT2D eigenvalue weighted by Gasteiger charge is 2.34. The smallest absolute Gasteiger partial charge is 0.351 e. The lowest BCUT2D eigenvalue weighted by Crippen LogP contribution is -2.33. The van der Waals surface area contributed by atoms with Crippen molar-refractivity contribution < 1.29 is 46.1 Å². The summed E-state index contributed by atoms with van der Waals surface area (Å²) in [7, 11) is 1.60. The van der Waals surface area contributed by atoms with Crippen LogP contribution in [0.1, 0.15) is 60.0 Å². The number of nitrogens with zero attached hydrogens (tertiary/aromatic N) is 4. The number of hydrogen-bond donors (Lipinski definition) is 2. The highest BCUT2D eigenvalue weighted by Crippen LogP contribution is 2.43. The maximum atomic E-state index is 12.9. The van der Waals surface area contributed by atoms with Crippen LogP contribution in [0, 0.1) is 0 Å². The molecule has 0 amide bonds. The Balaban J connectivity index is 0.889. The maximum Gasteiger partial charge on any atom is 0.351 e. The fourth-order valence-corrected chi connectivity index (χ4v) is 9.83. The summed E-state index contributed by atoms with van der Waals surface area (Å²) >= 11 is 1.21. The zero-order chi connectivity index (χ0) is 44.7. The SMILES string of the molecule is COc1ccc(-c2ccc(N(C3CCCc4c(OCC(=O)OC(=O)COc5cccc6c5CCCC6N(c5ccc(-c6ccc(Cl)cc6)cn5)S(=O)O)cccc43)S(=O)O)nc2)cc1. The second kappa shape index (κ2) is 20.1. The van der Waals surface area contributed by atoms with Gasteiger partial charge in [0.2, 0.25) is 0 Å². The minimum atomic E-state index is -2.42. The van der Waals surface area contributed by atoms with Gasteiger partial charge in [-0.25, -0.2) is 36.6 Å². The van der Waals surface area contributed by atoms with Crippen molar-refractivity contribution in [3.8, 4) is 39.5 Å². The van der Waals surface area contributed by atoms with Crippen LogP contribution in [-0.4, -0.2) is 59.8 Å². The lowest BCUT2D eigenvalue weighted by Gasteiger charge is -2.34. The zero-order valence-corrected chi connectivity index (χ0v) is 36.9. The Labute approximate surface area is 380 Å². The van der Waals surface area contributed by atoms with E-state index in [9.17, 15) is 27.1 Å². The average Bonchev–Trinajstić information content (AvgIpc) is 3.31. The number of fused-ring (bicyclic) bond motifs is 2.